The number of hydrogen-bond acceptors (Lipinski definition) is 2. The Morgan fingerprint density at radius 2 is 2.00 bits per heavy atom. The molecule has 18 heavy (non-hydrogen) atoms. The average Bonchev–Trinajstić information content (AvgIpc) is 2.82. The molecule has 0 fully saturated rings. The summed E-state index contributed by atoms with van der Waals surface area (Å²) in [6, 6.07) is 10.2. The minimum absolute atomic E-state index is 0.367. The fourth-order valence-corrected chi connectivity index (χ4v) is 3.34. The fourth-order valence-electron chi connectivity index (χ4n) is 1.82. The zero-order valence-electron chi connectivity index (χ0n) is 10.3. The normalized spacial score (nSPS) is 12.7. The van der Waals surface area contributed by atoms with Crippen LogP contribution >= 0.6 is 34.5 Å². The molecule has 0 spiro atoms. The zero-order valence-corrected chi connectivity index (χ0v) is 12.7. The average molecular weight is 300 g/mol. The molecule has 4 heteroatoms. The third-order valence-corrected chi connectivity index (χ3v) is 4.62. The molecular formula is C14H15Cl2NS. The molecule has 0 aliphatic heterocycles. The summed E-state index contributed by atoms with van der Waals surface area (Å²) in [7, 11) is 0. The first-order valence-electron chi connectivity index (χ1n) is 5.90. The molecule has 0 aliphatic carbocycles. The number of nitrogens with one attached hydrogen (secondary N) is 1. The van der Waals surface area contributed by atoms with E-state index in [2.05, 4.69) is 31.3 Å². The van der Waals surface area contributed by atoms with Crippen molar-refractivity contribution in [1.29, 1.82) is 0 Å². The highest BCUT2D eigenvalue weighted by Crippen LogP contribution is 2.36. The van der Waals surface area contributed by atoms with Crippen LogP contribution in [0, 0.1) is 0 Å². The molecule has 1 heterocycles. The van der Waals surface area contributed by atoms with Gasteiger partial charge in [-0.05, 0) is 43.8 Å². The van der Waals surface area contributed by atoms with Gasteiger partial charge in [-0.15, -0.1) is 11.3 Å². The topological polar surface area (TPSA) is 12.0 Å². The van der Waals surface area contributed by atoms with Crippen LogP contribution in [0.5, 0.6) is 0 Å². The molecule has 96 valence electrons. The van der Waals surface area contributed by atoms with Crippen molar-refractivity contribution in [1.82, 2.24) is 5.32 Å². The summed E-state index contributed by atoms with van der Waals surface area (Å²) in [6.45, 7) is 5.24. The van der Waals surface area contributed by atoms with Crippen LogP contribution in [-0.2, 0) is 0 Å². The van der Waals surface area contributed by atoms with Crippen molar-refractivity contribution in [3.05, 3.63) is 45.3 Å². The van der Waals surface area contributed by atoms with E-state index in [0.717, 1.165) is 22.0 Å². The number of halogens is 2. The molecule has 0 saturated heterocycles. The van der Waals surface area contributed by atoms with Gasteiger partial charge in [-0.2, -0.15) is 0 Å². The van der Waals surface area contributed by atoms with Crippen LogP contribution in [0.25, 0.3) is 10.4 Å². The quantitative estimate of drug-likeness (QED) is 0.798. The molecule has 1 nitrogen and oxygen atoms in total. The van der Waals surface area contributed by atoms with E-state index in [1.54, 1.807) is 11.3 Å². The summed E-state index contributed by atoms with van der Waals surface area (Å²) in [5, 5.41) is 4.86. The second kappa shape index (κ2) is 6.07. The second-order valence-electron chi connectivity index (χ2n) is 4.11. The van der Waals surface area contributed by atoms with Gasteiger partial charge in [0.2, 0.25) is 0 Å². The predicted molar refractivity (Wildman–Crippen MR) is 81.9 cm³/mol. The van der Waals surface area contributed by atoms with Crippen molar-refractivity contribution in [2.24, 2.45) is 0 Å². The predicted octanol–water partition coefficient (Wildman–Crippen LogP) is 5.39. The van der Waals surface area contributed by atoms with E-state index in [0.29, 0.717) is 11.1 Å². The van der Waals surface area contributed by atoms with Gasteiger partial charge in [-0.25, -0.2) is 0 Å². The van der Waals surface area contributed by atoms with E-state index in [-0.39, 0.29) is 0 Å². The first kappa shape index (κ1) is 13.9. The van der Waals surface area contributed by atoms with Crippen LogP contribution in [0.4, 0.5) is 0 Å². The van der Waals surface area contributed by atoms with Crippen LogP contribution in [-0.4, -0.2) is 6.54 Å². The van der Waals surface area contributed by atoms with Crippen molar-refractivity contribution < 1.29 is 0 Å². The zero-order chi connectivity index (χ0) is 13.1. The van der Waals surface area contributed by atoms with Gasteiger partial charge in [-0.3, -0.25) is 0 Å². The highest BCUT2D eigenvalue weighted by Gasteiger charge is 2.11. The summed E-state index contributed by atoms with van der Waals surface area (Å²) >= 11 is 14.0. The van der Waals surface area contributed by atoms with Gasteiger partial charge in [-0.1, -0.05) is 30.1 Å². The molecule has 1 atom stereocenters. The number of thiophene rings is 1. The van der Waals surface area contributed by atoms with E-state index in [1.807, 2.05) is 18.2 Å². The Balaban J connectivity index is 2.32. The summed E-state index contributed by atoms with van der Waals surface area (Å²) in [6.07, 6.45) is 0. The van der Waals surface area contributed by atoms with Gasteiger partial charge in [0.1, 0.15) is 0 Å². The number of benzene rings is 1. The molecule has 0 amide bonds. The maximum atomic E-state index is 6.21. The molecule has 2 rings (SSSR count). The first-order chi connectivity index (χ1) is 8.61. The van der Waals surface area contributed by atoms with Gasteiger partial charge in [0, 0.05) is 31.4 Å². The van der Waals surface area contributed by atoms with Gasteiger partial charge >= 0.3 is 0 Å². The SMILES string of the molecule is CCNC(C)c1ccc(-c2cc(Cl)ccc2Cl)s1. The number of hydrogen-bond donors (Lipinski definition) is 1. The summed E-state index contributed by atoms with van der Waals surface area (Å²) < 4.78 is 0. The highest BCUT2D eigenvalue weighted by atomic mass is 35.5. The van der Waals surface area contributed by atoms with E-state index >= 15 is 0 Å². The lowest BCUT2D eigenvalue weighted by Crippen LogP contribution is -2.16. The summed E-state index contributed by atoms with van der Waals surface area (Å²) in [5.41, 5.74) is 1.00. The van der Waals surface area contributed by atoms with Crippen molar-refractivity contribution in [2.75, 3.05) is 6.54 Å². The Morgan fingerprint density at radius 3 is 2.72 bits per heavy atom. The summed E-state index contributed by atoms with van der Waals surface area (Å²) in [5.74, 6) is 0. The smallest absolute Gasteiger partial charge is 0.0493 e. The minimum Gasteiger partial charge on any atom is -0.310 e. The first-order valence-corrected chi connectivity index (χ1v) is 7.47. The molecule has 0 bridgehead atoms. The standard InChI is InChI=1S/C14H15Cl2NS/c1-3-17-9(2)13-6-7-14(18-13)11-8-10(15)4-5-12(11)16/h4-9,17H,3H2,1-2H3. The molecular weight excluding hydrogens is 285 g/mol. The molecule has 1 aromatic heterocycles. The van der Waals surface area contributed by atoms with Crippen LogP contribution in [0.15, 0.2) is 30.3 Å². The van der Waals surface area contributed by atoms with E-state index in [9.17, 15) is 0 Å². The van der Waals surface area contributed by atoms with Gasteiger partial charge in [0.15, 0.2) is 0 Å². The van der Waals surface area contributed by atoms with Gasteiger partial charge in [0.25, 0.3) is 0 Å². The Labute approximate surface area is 122 Å². The molecule has 1 N–H and O–H groups in total. The summed E-state index contributed by atoms with van der Waals surface area (Å²) in [4.78, 5) is 2.46. The van der Waals surface area contributed by atoms with Crippen LogP contribution < -0.4 is 5.32 Å². The van der Waals surface area contributed by atoms with Crippen molar-refractivity contribution >= 4 is 34.5 Å². The van der Waals surface area contributed by atoms with E-state index in [1.165, 1.54) is 4.88 Å². The lowest BCUT2D eigenvalue weighted by Gasteiger charge is -2.09. The van der Waals surface area contributed by atoms with Crippen LogP contribution in [0.2, 0.25) is 10.0 Å². The molecule has 1 unspecified atom stereocenters. The van der Waals surface area contributed by atoms with Crippen molar-refractivity contribution in [2.45, 2.75) is 19.9 Å². The largest absolute Gasteiger partial charge is 0.310 e. The van der Waals surface area contributed by atoms with E-state index in [4.69, 9.17) is 23.2 Å². The Morgan fingerprint density at radius 1 is 1.22 bits per heavy atom. The highest BCUT2D eigenvalue weighted by molar-refractivity contribution is 7.15. The van der Waals surface area contributed by atoms with Crippen molar-refractivity contribution in [3.63, 3.8) is 0 Å². The Hall–Kier alpha value is -0.540. The molecule has 0 saturated carbocycles. The van der Waals surface area contributed by atoms with Crippen LogP contribution in [0.3, 0.4) is 0 Å². The lowest BCUT2D eigenvalue weighted by molar-refractivity contribution is 0.607. The molecule has 0 aliphatic rings. The van der Waals surface area contributed by atoms with E-state index < -0.39 is 0 Å². The van der Waals surface area contributed by atoms with Crippen molar-refractivity contribution in [3.8, 4) is 10.4 Å². The third kappa shape index (κ3) is 3.07. The fraction of sp³-hybridized carbons (Fsp3) is 0.286. The van der Waals surface area contributed by atoms with Gasteiger partial charge in [0.05, 0.1) is 0 Å². The second-order valence-corrected chi connectivity index (χ2v) is 6.06. The maximum absolute atomic E-state index is 6.21. The molecule has 1 aromatic carbocycles. The Bertz CT molecular complexity index is 536. The monoisotopic (exact) mass is 299 g/mol. The Kier molecular flexibility index (Phi) is 4.68. The minimum atomic E-state index is 0.367. The number of rotatable bonds is 4. The molecule has 0 radical (unpaired) electrons. The lowest BCUT2D eigenvalue weighted by atomic mass is 10.2. The van der Waals surface area contributed by atoms with Crippen LogP contribution in [0.1, 0.15) is 24.8 Å². The molecule has 2 aromatic rings. The maximum Gasteiger partial charge on any atom is 0.0493 e. The van der Waals surface area contributed by atoms with Gasteiger partial charge < -0.3 is 5.32 Å². The third-order valence-electron chi connectivity index (χ3n) is 2.76.